The molecule has 1 amide bonds. The minimum Gasteiger partial charge on any atom is -0.478 e. The molecule has 2 aliphatic rings. The summed E-state index contributed by atoms with van der Waals surface area (Å²) in [6.45, 7) is 3.06. The van der Waals surface area contributed by atoms with E-state index in [1.165, 1.54) is 31.4 Å². The van der Waals surface area contributed by atoms with Crippen molar-refractivity contribution in [2.45, 2.75) is 6.61 Å². The van der Waals surface area contributed by atoms with Gasteiger partial charge in [0.15, 0.2) is 0 Å². The molecule has 2 aromatic carbocycles. The molecule has 0 aliphatic carbocycles. The number of nitrogens with zero attached hydrogens (tertiary/aromatic N) is 2. The van der Waals surface area contributed by atoms with Crippen molar-refractivity contribution in [2.24, 2.45) is 10.6 Å². The van der Waals surface area contributed by atoms with E-state index in [1.807, 2.05) is 30.3 Å². The van der Waals surface area contributed by atoms with Gasteiger partial charge in [-0.15, -0.1) is 0 Å². The van der Waals surface area contributed by atoms with Gasteiger partial charge in [-0.25, -0.2) is 14.4 Å². The van der Waals surface area contributed by atoms with Gasteiger partial charge in [0.1, 0.15) is 13.7 Å². The monoisotopic (exact) mass is 455 g/mol. The number of ether oxygens (including phenoxy) is 1. The number of nitrogens with one attached hydrogen (secondary N) is 1. The second kappa shape index (κ2) is 10.6. The van der Waals surface area contributed by atoms with E-state index in [9.17, 15) is 14.4 Å². The van der Waals surface area contributed by atoms with Crippen LogP contribution >= 0.6 is 0 Å². The molecule has 0 unspecified atom stereocenters. The van der Waals surface area contributed by atoms with E-state index in [0.29, 0.717) is 13.1 Å². The van der Waals surface area contributed by atoms with Crippen LogP contribution in [-0.2, 0) is 16.2 Å². The van der Waals surface area contributed by atoms with Gasteiger partial charge >= 0.3 is 18.0 Å². The standard InChI is InChI=1S/C15H19N3O3.C8H6O4/c1-20-17-13-7-18(11-15(13)9-16-10-15)14(19)21-8-12-5-3-2-4-6-12;9-7(10)5-3-1-2-4-6(5)8(11)12/h2-6,16H,7-11H2,1H3;1-4H,(H,9,10)(H,11,12)/b17-13+;. The molecule has 0 atom stereocenters. The first-order valence-corrected chi connectivity index (χ1v) is 10.2. The van der Waals surface area contributed by atoms with Gasteiger partial charge < -0.3 is 30.0 Å². The molecule has 2 fully saturated rings. The Hall–Kier alpha value is -3.92. The van der Waals surface area contributed by atoms with Crippen LogP contribution in [0.15, 0.2) is 59.8 Å². The molecule has 174 valence electrons. The van der Waals surface area contributed by atoms with Crippen molar-refractivity contribution in [3.63, 3.8) is 0 Å². The SMILES string of the molecule is CO/N=C1\CN(C(=O)OCc2ccccc2)CC12CNC2.O=C(O)c1ccccc1C(=O)O. The summed E-state index contributed by atoms with van der Waals surface area (Å²) < 4.78 is 5.37. The van der Waals surface area contributed by atoms with Gasteiger partial charge in [0.2, 0.25) is 0 Å². The maximum Gasteiger partial charge on any atom is 0.410 e. The number of hydrogen-bond acceptors (Lipinski definition) is 7. The van der Waals surface area contributed by atoms with Crippen LogP contribution in [0.5, 0.6) is 0 Å². The molecule has 10 heteroatoms. The Kier molecular flexibility index (Phi) is 7.62. The van der Waals surface area contributed by atoms with Gasteiger partial charge in [0.25, 0.3) is 0 Å². The molecule has 3 N–H and O–H groups in total. The number of oxime groups is 1. The van der Waals surface area contributed by atoms with Gasteiger partial charge in [0, 0.05) is 19.6 Å². The third-order valence-corrected chi connectivity index (χ3v) is 5.43. The maximum atomic E-state index is 12.2. The van der Waals surface area contributed by atoms with Crippen LogP contribution in [0.3, 0.4) is 0 Å². The Morgan fingerprint density at radius 2 is 1.58 bits per heavy atom. The van der Waals surface area contributed by atoms with E-state index in [2.05, 4.69) is 10.5 Å². The maximum absolute atomic E-state index is 12.2. The summed E-state index contributed by atoms with van der Waals surface area (Å²) in [7, 11) is 1.53. The molecule has 0 radical (unpaired) electrons. The second-order valence-electron chi connectivity index (χ2n) is 7.66. The van der Waals surface area contributed by atoms with Crippen molar-refractivity contribution in [3.05, 3.63) is 71.3 Å². The summed E-state index contributed by atoms with van der Waals surface area (Å²) in [6, 6.07) is 15.1. The van der Waals surface area contributed by atoms with Crippen LogP contribution in [0.25, 0.3) is 0 Å². The van der Waals surface area contributed by atoms with Gasteiger partial charge in [0.05, 0.1) is 28.8 Å². The molecular weight excluding hydrogens is 430 g/mol. The highest BCUT2D eigenvalue weighted by molar-refractivity contribution is 6.01. The smallest absolute Gasteiger partial charge is 0.410 e. The first-order valence-electron chi connectivity index (χ1n) is 10.2. The summed E-state index contributed by atoms with van der Waals surface area (Å²) >= 11 is 0. The van der Waals surface area contributed by atoms with Crippen molar-refractivity contribution in [3.8, 4) is 0 Å². The average molecular weight is 455 g/mol. The zero-order valence-corrected chi connectivity index (χ0v) is 18.1. The zero-order chi connectivity index (χ0) is 23.8. The number of benzene rings is 2. The molecule has 0 saturated carbocycles. The lowest BCUT2D eigenvalue weighted by molar-refractivity contribution is 0.0651. The van der Waals surface area contributed by atoms with Crippen LogP contribution in [-0.4, -0.2) is 72.1 Å². The molecule has 0 aromatic heterocycles. The van der Waals surface area contributed by atoms with Crippen LogP contribution in [0, 0.1) is 5.41 Å². The topological polar surface area (TPSA) is 138 Å². The number of likely N-dealkylation sites (tertiary alicyclic amines) is 1. The lowest BCUT2D eigenvalue weighted by Crippen LogP contribution is -2.58. The summed E-state index contributed by atoms with van der Waals surface area (Å²) in [4.78, 5) is 39.7. The number of aromatic carboxylic acids is 2. The molecule has 2 heterocycles. The van der Waals surface area contributed by atoms with Crippen LogP contribution in [0.1, 0.15) is 26.3 Å². The molecule has 1 spiro atoms. The largest absolute Gasteiger partial charge is 0.478 e. The minimum absolute atomic E-state index is 0.0677. The third-order valence-electron chi connectivity index (χ3n) is 5.43. The van der Waals surface area contributed by atoms with Crippen LogP contribution in [0.4, 0.5) is 4.79 Å². The number of carboxylic acid groups (broad SMARTS) is 2. The van der Waals surface area contributed by atoms with Crippen molar-refractivity contribution in [2.75, 3.05) is 33.3 Å². The Morgan fingerprint density at radius 1 is 1.00 bits per heavy atom. The molecule has 2 saturated heterocycles. The van der Waals surface area contributed by atoms with Crippen molar-refractivity contribution in [1.82, 2.24) is 10.2 Å². The second-order valence-corrected chi connectivity index (χ2v) is 7.66. The van der Waals surface area contributed by atoms with Gasteiger partial charge in [-0.1, -0.05) is 47.6 Å². The van der Waals surface area contributed by atoms with Crippen LogP contribution in [0.2, 0.25) is 0 Å². The summed E-state index contributed by atoms with van der Waals surface area (Å²) in [5.74, 6) is -2.46. The fraction of sp³-hybridized carbons (Fsp3) is 0.304. The first kappa shape index (κ1) is 23.7. The highest BCUT2D eigenvalue weighted by atomic mass is 16.6. The zero-order valence-electron chi connectivity index (χ0n) is 18.1. The molecule has 2 aromatic rings. The van der Waals surface area contributed by atoms with Crippen LogP contribution < -0.4 is 5.32 Å². The number of carbonyl (C=O) groups excluding carboxylic acids is 1. The normalized spacial score (nSPS) is 17.0. The first-order chi connectivity index (χ1) is 15.9. The fourth-order valence-corrected chi connectivity index (χ4v) is 3.64. The Labute approximate surface area is 190 Å². The molecular formula is C23H25N3O7. The molecule has 2 aliphatic heterocycles. The molecule has 10 nitrogen and oxygen atoms in total. The predicted molar refractivity (Wildman–Crippen MR) is 118 cm³/mol. The highest BCUT2D eigenvalue weighted by Crippen LogP contribution is 2.32. The number of carboxylic acids is 2. The number of rotatable bonds is 5. The molecule has 4 rings (SSSR count). The fourth-order valence-electron chi connectivity index (χ4n) is 3.64. The quantitative estimate of drug-likeness (QED) is 0.584. The summed E-state index contributed by atoms with van der Waals surface area (Å²) in [5, 5.41) is 24.4. The number of carbonyl (C=O) groups is 3. The van der Waals surface area contributed by atoms with Gasteiger partial charge in [-0.05, 0) is 17.7 Å². The summed E-state index contributed by atoms with van der Waals surface area (Å²) in [5.41, 5.74) is 1.45. The van der Waals surface area contributed by atoms with Crippen molar-refractivity contribution in [1.29, 1.82) is 0 Å². The van der Waals surface area contributed by atoms with E-state index in [0.717, 1.165) is 24.4 Å². The lowest BCUT2D eigenvalue weighted by Gasteiger charge is -2.38. The number of amides is 1. The van der Waals surface area contributed by atoms with E-state index in [1.54, 1.807) is 4.90 Å². The van der Waals surface area contributed by atoms with Gasteiger partial charge in [-0.2, -0.15) is 0 Å². The molecule has 33 heavy (non-hydrogen) atoms. The molecule has 0 bridgehead atoms. The Bertz CT molecular complexity index is 1000. The Morgan fingerprint density at radius 3 is 2.06 bits per heavy atom. The Balaban J connectivity index is 0.000000218. The summed E-state index contributed by atoms with van der Waals surface area (Å²) in [6.07, 6.45) is -0.300. The third kappa shape index (κ3) is 5.66. The highest BCUT2D eigenvalue weighted by Gasteiger charge is 2.50. The van der Waals surface area contributed by atoms with E-state index in [-0.39, 0.29) is 29.2 Å². The van der Waals surface area contributed by atoms with E-state index in [4.69, 9.17) is 19.8 Å². The van der Waals surface area contributed by atoms with E-state index < -0.39 is 11.9 Å². The lowest BCUT2D eigenvalue weighted by atomic mass is 9.79. The average Bonchev–Trinajstić information content (AvgIpc) is 3.19. The minimum atomic E-state index is -1.23. The van der Waals surface area contributed by atoms with Crippen molar-refractivity contribution >= 4 is 23.7 Å². The predicted octanol–water partition coefficient (Wildman–Crippen LogP) is 2.31. The number of hydrogen-bond donors (Lipinski definition) is 3. The van der Waals surface area contributed by atoms with Crippen molar-refractivity contribution < 1.29 is 34.2 Å². The van der Waals surface area contributed by atoms with Gasteiger partial charge in [-0.3, -0.25) is 0 Å². The van der Waals surface area contributed by atoms with E-state index >= 15 is 0 Å².